The number of amides is 1. The molecule has 0 radical (unpaired) electrons. The first-order chi connectivity index (χ1) is 18.8. The number of hydrogen-bond acceptors (Lipinski definition) is 5. The van der Waals surface area contributed by atoms with Gasteiger partial charge in [0.05, 0.1) is 22.3 Å². The molecule has 5 rings (SSSR count). The average Bonchev–Trinajstić information content (AvgIpc) is 3.24. The third-order valence-electron chi connectivity index (χ3n) is 6.87. The van der Waals surface area contributed by atoms with Crippen LogP contribution in [0.5, 0.6) is 0 Å². The number of hydrogen-bond donors (Lipinski definition) is 1. The van der Waals surface area contributed by atoms with E-state index < -0.39 is 21.7 Å². The Morgan fingerprint density at radius 1 is 0.949 bits per heavy atom. The lowest BCUT2D eigenvalue weighted by atomic mass is 10.0. The zero-order valence-corrected chi connectivity index (χ0v) is 22.1. The lowest BCUT2D eigenvalue weighted by molar-refractivity contribution is 0.0954. The van der Waals surface area contributed by atoms with Crippen molar-refractivity contribution in [2.75, 3.05) is 13.1 Å². The van der Waals surface area contributed by atoms with Gasteiger partial charge in [-0.25, -0.2) is 18.2 Å². The van der Waals surface area contributed by atoms with E-state index in [9.17, 15) is 22.4 Å². The highest BCUT2D eigenvalue weighted by molar-refractivity contribution is 7.89. The van der Waals surface area contributed by atoms with E-state index in [0.29, 0.717) is 41.0 Å². The van der Waals surface area contributed by atoms with Gasteiger partial charge in [0.25, 0.3) is 5.91 Å². The van der Waals surface area contributed by atoms with Gasteiger partial charge in [0.2, 0.25) is 15.8 Å². The van der Waals surface area contributed by atoms with Crippen molar-refractivity contribution in [1.82, 2.24) is 14.1 Å². The highest BCUT2D eigenvalue weighted by atomic mass is 32.2. The first-order valence-corrected chi connectivity index (χ1v) is 14.0. The van der Waals surface area contributed by atoms with Crippen LogP contribution >= 0.6 is 0 Å². The van der Waals surface area contributed by atoms with Crippen LogP contribution < -0.4 is 5.43 Å². The maximum atomic E-state index is 13.4. The molecule has 200 valence electrons. The average molecular weight is 547 g/mol. The van der Waals surface area contributed by atoms with Gasteiger partial charge < -0.3 is 4.40 Å². The molecule has 0 spiro atoms. The van der Waals surface area contributed by atoms with Crippen LogP contribution in [-0.4, -0.2) is 48.1 Å². The van der Waals surface area contributed by atoms with E-state index in [2.05, 4.69) is 10.5 Å². The Kier molecular flexibility index (Phi) is 7.40. The number of nitrogens with one attached hydrogen (secondary N) is 1. The fraction of sp³-hybridized carbons (Fsp3) is 0.207. The van der Waals surface area contributed by atoms with Crippen LogP contribution in [0.2, 0.25) is 0 Å². The smallest absolute Gasteiger partial charge is 0.271 e. The molecule has 2 aromatic heterocycles. The summed E-state index contributed by atoms with van der Waals surface area (Å²) in [5, 5.41) is 4.11. The summed E-state index contributed by atoms with van der Waals surface area (Å²) in [5.41, 5.74) is 5.34. The second-order valence-electron chi connectivity index (χ2n) is 9.37. The molecule has 0 aliphatic carbocycles. The van der Waals surface area contributed by atoms with Gasteiger partial charge >= 0.3 is 0 Å². The Morgan fingerprint density at radius 3 is 2.44 bits per heavy atom. The van der Waals surface area contributed by atoms with Crippen molar-refractivity contribution >= 4 is 33.4 Å². The van der Waals surface area contributed by atoms with Gasteiger partial charge in [-0.3, -0.25) is 9.59 Å². The van der Waals surface area contributed by atoms with Crippen molar-refractivity contribution in [3.63, 3.8) is 0 Å². The predicted octanol–water partition coefficient (Wildman–Crippen LogP) is 4.56. The van der Waals surface area contributed by atoms with E-state index in [4.69, 9.17) is 0 Å². The number of aromatic nitrogens is 1. The van der Waals surface area contributed by atoms with E-state index in [0.717, 1.165) is 19.3 Å². The summed E-state index contributed by atoms with van der Waals surface area (Å²) in [7, 11) is -3.68. The molecular formula is C29H27FN4O4S. The fourth-order valence-electron chi connectivity index (χ4n) is 4.81. The monoisotopic (exact) mass is 546 g/mol. The second-order valence-corrected chi connectivity index (χ2v) is 11.3. The maximum Gasteiger partial charge on any atom is 0.271 e. The number of halogens is 1. The maximum absolute atomic E-state index is 13.4. The summed E-state index contributed by atoms with van der Waals surface area (Å²) in [6.07, 6.45) is 5.85. The van der Waals surface area contributed by atoms with Crippen LogP contribution in [0.25, 0.3) is 5.52 Å². The van der Waals surface area contributed by atoms with Crippen LogP contribution in [0.3, 0.4) is 0 Å². The van der Waals surface area contributed by atoms with Crippen LogP contribution in [0.1, 0.15) is 56.8 Å². The Morgan fingerprint density at radius 2 is 1.69 bits per heavy atom. The van der Waals surface area contributed by atoms with E-state index in [-0.39, 0.29) is 16.2 Å². The first kappa shape index (κ1) is 26.5. The lowest BCUT2D eigenvalue weighted by Gasteiger charge is -2.25. The molecule has 39 heavy (non-hydrogen) atoms. The molecule has 1 amide bonds. The molecule has 1 aliphatic rings. The quantitative estimate of drug-likeness (QED) is 0.209. The number of piperidine rings is 1. The Labute approximate surface area is 225 Å². The number of hydrazone groups is 1. The molecule has 0 saturated carbocycles. The van der Waals surface area contributed by atoms with Crippen LogP contribution in [0.15, 0.2) is 82.9 Å². The molecule has 1 fully saturated rings. The third-order valence-corrected chi connectivity index (χ3v) is 8.76. The summed E-state index contributed by atoms with van der Waals surface area (Å²) in [6, 6.07) is 16.7. The molecule has 8 nitrogen and oxygen atoms in total. The number of nitrogens with zero attached hydrogens (tertiary/aromatic N) is 3. The van der Waals surface area contributed by atoms with Crippen molar-refractivity contribution in [3.05, 3.63) is 107 Å². The van der Waals surface area contributed by atoms with Crippen molar-refractivity contribution in [3.8, 4) is 0 Å². The number of rotatable bonds is 7. The van der Waals surface area contributed by atoms with Gasteiger partial charge in [-0.05, 0) is 79.9 Å². The minimum absolute atomic E-state index is 0.0688. The van der Waals surface area contributed by atoms with Crippen LogP contribution in [0.4, 0.5) is 4.39 Å². The molecule has 1 aliphatic heterocycles. The summed E-state index contributed by atoms with van der Waals surface area (Å²) >= 11 is 0. The molecule has 10 heteroatoms. The van der Waals surface area contributed by atoms with E-state index in [1.54, 1.807) is 23.6 Å². The highest BCUT2D eigenvalue weighted by Crippen LogP contribution is 2.25. The van der Waals surface area contributed by atoms with E-state index in [1.165, 1.54) is 59.1 Å². The molecule has 0 atom stereocenters. The van der Waals surface area contributed by atoms with Gasteiger partial charge in [-0.15, -0.1) is 0 Å². The largest absolute Gasteiger partial charge is 0.313 e. The minimum atomic E-state index is -3.68. The number of benzene rings is 2. The van der Waals surface area contributed by atoms with Gasteiger partial charge in [-0.2, -0.15) is 9.41 Å². The summed E-state index contributed by atoms with van der Waals surface area (Å²) in [6.45, 7) is 2.72. The van der Waals surface area contributed by atoms with Gasteiger partial charge in [0.15, 0.2) is 0 Å². The lowest BCUT2D eigenvalue weighted by Crippen LogP contribution is -2.35. The molecule has 2 aromatic carbocycles. The summed E-state index contributed by atoms with van der Waals surface area (Å²) in [5.74, 6) is -1.27. The second kappa shape index (κ2) is 10.9. The Balaban J connectivity index is 1.39. The number of carbonyl (C=O) groups is 2. The SMILES string of the molecule is Cc1c(C=NNC(=O)c2cccc(S(=O)(=O)N3CCCCC3)c2)c2ccccn2c1C(=O)c1ccc(F)cc1. The normalized spacial score (nSPS) is 14.6. The zero-order chi connectivity index (χ0) is 27.6. The van der Waals surface area contributed by atoms with E-state index in [1.807, 2.05) is 12.1 Å². The fourth-order valence-corrected chi connectivity index (χ4v) is 6.37. The van der Waals surface area contributed by atoms with Crippen molar-refractivity contribution in [2.24, 2.45) is 5.10 Å². The minimum Gasteiger partial charge on any atom is -0.313 e. The number of pyridine rings is 1. The Bertz CT molecular complexity index is 1690. The Hall–Kier alpha value is -4.15. The zero-order valence-electron chi connectivity index (χ0n) is 21.3. The number of ketones is 1. The van der Waals surface area contributed by atoms with E-state index >= 15 is 0 Å². The van der Waals surface area contributed by atoms with Crippen molar-refractivity contribution < 1.29 is 22.4 Å². The molecule has 3 heterocycles. The molecular weight excluding hydrogens is 519 g/mol. The number of sulfonamides is 1. The van der Waals surface area contributed by atoms with Crippen LogP contribution in [-0.2, 0) is 10.0 Å². The van der Waals surface area contributed by atoms with Gasteiger partial charge in [0, 0.05) is 36.0 Å². The highest BCUT2D eigenvalue weighted by Gasteiger charge is 2.26. The summed E-state index contributed by atoms with van der Waals surface area (Å²) < 4.78 is 42.6. The summed E-state index contributed by atoms with van der Waals surface area (Å²) in [4.78, 5) is 26.2. The standard InChI is InChI=1S/C29H27FN4O4S/c1-20-25(26-10-3-6-17-34(26)27(20)28(35)21-11-13-23(30)14-12-21)19-31-32-29(36)22-8-7-9-24(18-22)39(37,38)33-15-4-2-5-16-33/h3,6-14,17-19H,2,4-5,15-16H2,1H3,(H,32,36). The van der Waals surface area contributed by atoms with Crippen LogP contribution in [0, 0.1) is 12.7 Å². The third kappa shape index (κ3) is 5.25. The first-order valence-electron chi connectivity index (χ1n) is 12.6. The molecule has 1 saturated heterocycles. The topological polar surface area (TPSA) is 100 Å². The van der Waals surface area contributed by atoms with Crippen molar-refractivity contribution in [1.29, 1.82) is 0 Å². The molecule has 0 bridgehead atoms. The van der Waals surface area contributed by atoms with Gasteiger partial charge in [-0.1, -0.05) is 18.6 Å². The van der Waals surface area contributed by atoms with Gasteiger partial charge in [0.1, 0.15) is 5.82 Å². The van der Waals surface area contributed by atoms with Crippen molar-refractivity contribution in [2.45, 2.75) is 31.1 Å². The molecule has 1 N–H and O–H groups in total. The predicted molar refractivity (Wildman–Crippen MR) is 146 cm³/mol. The molecule has 4 aromatic rings. The number of fused-ring (bicyclic) bond motifs is 1. The number of carbonyl (C=O) groups excluding carboxylic acids is 2. The molecule has 0 unspecified atom stereocenters.